The Labute approximate surface area is 199 Å². The summed E-state index contributed by atoms with van der Waals surface area (Å²) in [5.74, 6) is -0.123. The fraction of sp³-hybridized carbons (Fsp3) is 0.440. The molecule has 2 aromatic carbocycles. The van der Waals surface area contributed by atoms with E-state index in [2.05, 4.69) is 20.8 Å². The lowest BCUT2D eigenvalue weighted by atomic mass is 10.2. The third-order valence-corrected chi connectivity index (χ3v) is 6.83. The van der Waals surface area contributed by atoms with Crippen molar-refractivity contribution in [2.75, 3.05) is 63.8 Å². The van der Waals surface area contributed by atoms with E-state index in [1.165, 1.54) is 6.07 Å². The molecule has 0 atom stereocenters. The number of rotatable bonds is 5. The molecular weight excluding hydrogens is 441 g/mol. The van der Waals surface area contributed by atoms with Crippen molar-refractivity contribution in [1.82, 2.24) is 14.7 Å². The van der Waals surface area contributed by atoms with E-state index in [1.54, 1.807) is 12.1 Å². The summed E-state index contributed by atoms with van der Waals surface area (Å²) in [4.78, 5) is 21.5. The zero-order valence-electron chi connectivity index (χ0n) is 18.7. The highest BCUT2D eigenvalue weighted by Crippen LogP contribution is 2.22. The molecule has 0 unspecified atom stereocenters. The largest absolute Gasteiger partial charge is 0.370 e. The van der Waals surface area contributed by atoms with E-state index in [0.717, 1.165) is 38.3 Å². The zero-order valence-corrected chi connectivity index (χ0v) is 19.5. The normalized spacial score (nSPS) is 18.1. The maximum absolute atomic E-state index is 14.1. The highest BCUT2D eigenvalue weighted by molar-refractivity contribution is 6.31. The molecule has 0 N–H and O–H groups in total. The molecule has 2 aliphatic heterocycles. The van der Waals surface area contributed by atoms with Crippen LogP contribution in [0.4, 0.5) is 10.1 Å². The van der Waals surface area contributed by atoms with Crippen LogP contribution < -0.4 is 4.90 Å². The molecule has 174 valence electrons. The summed E-state index contributed by atoms with van der Waals surface area (Å²) < 4.78 is 14.1. The van der Waals surface area contributed by atoms with Crippen LogP contribution in [0, 0.1) is 17.1 Å². The lowest BCUT2D eigenvalue weighted by Crippen LogP contribution is -2.51. The molecule has 33 heavy (non-hydrogen) atoms. The van der Waals surface area contributed by atoms with Gasteiger partial charge in [0.05, 0.1) is 18.2 Å². The summed E-state index contributed by atoms with van der Waals surface area (Å²) in [7, 11) is 0. The quantitative estimate of drug-likeness (QED) is 0.673. The smallest absolute Gasteiger partial charge is 0.236 e. The highest BCUT2D eigenvalue weighted by atomic mass is 35.5. The molecule has 0 aliphatic carbocycles. The Kier molecular flexibility index (Phi) is 7.81. The van der Waals surface area contributed by atoms with Gasteiger partial charge in [0, 0.05) is 75.2 Å². The standard InChI is InChI=1S/C25H29ClFN5O/c26-23-3-1-4-24(27)22(23)18-30-12-15-32(16-13-30)25(33)19-29-9-2-10-31(14-11-29)21-7-5-20(17-28)6-8-21/h1,3-8H,2,9-16,18-19H2. The number of piperazine rings is 1. The van der Waals surface area contributed by atoms with Gasteiger partial charge in [0.25, 0.3) is 0 Å². The minimum atomic E-state index is -0.280. The summed E-state index contributed by atoms with van der Waals surface area (Å²) in [6.45, 7) is 7.13. The second-order valence-corrected chi connectivity index (χ2v) is 9.04. The van der Waals surface area contributed by atoms with Crippen LogP contribution in [-0.2, 0) is 11.3 Å². The first kappa shape index (κ1) is 23.5. The van der Waals surface area contributed by atoms with Gasteiger partial charge in [-0.3, -0.25) is 14.6 Å². The van der Waals surface area contributed by atoms with Crippen molar-refractivity contribution in [1.29, 1.82) is 5.26 Å². The van der Waals surface area contributed by atoms with Gasteiger partial charge >= 0.3 is 0 Å². The SMILES string of the molecule is N#Cc1ccc(N2CCCN(CC(=O)N3CCN(Cc4c(F)cccc4Cl)CC3)CC2)cc1. The molecule has 2 aliphatic rings. The van der Waals surface area contributed by atoms with Crippen molar-refractivity contribution in [3.63, 3.8) is 0 Å². The Bertz CT molecular complexity index is 981. The van der Waals surface area contributed by atoms with Gasteiger partial charge in [0.15, 0.2) is 0 Å². The fourth-order valence-corrected chi connectivity index (χ4v) is 4.71. The van der Waals surface area contributed by atoms with Crippen LogP contribution >= 0.6 is 11.6 Å². The third-order valence-electron chi connectivity index (χ3n) is 6.48. The number of hydrogen-bond acceptors (Lipinski definition) is 5. The molecule has 1 amide bonds. The number of amides is 1. The number of halogens is 2. The van der Waals surface area contributed by atoms with Crippen molar-refractivity contribution in [3.05, 3.63) is 64.4 Å². The van der Waals surface area contributed by atoms with Crippen LogP contribution in [0.25, 0.3) is 0 Å². The lowest BCUT2D eigenvalue weighted by Gasteiger charge is -2.36. The first-order chi connectivity index (χ1) is 16.0. The molecular formula is C25H29ClFN5O. The summed E-state index contributed by atoms with van der Waals surface area (Å²) in [5, 5.41) is 9.43. The molecule has 2 saturated heterocycles. The van der Waals surface area contributed by atoms with E-state index in [4.69, 9.17) is 16.9 Å². The van der Waals surface area contributed by atoms with E-state index in [9.17, 15) is 9.18 Å². The Morgan fingerprint density at radius 2 is 1.67 bits per heavy atom. The molecule has 0 radical (unpaired) electrons. The predicted octanol–water partition coefficient (Wildman–Crippen LogP) is 3.21. The minimum Gasteiger partial charge on any atom is -0.370 e. The van der Waals surface area contributed by atoms with Crippen LogP contribution in [-0.4, -0.2) is 79.5 Å². The fourth-order valence-electron chi connectivity index (χ4n) is 4.49. The zero-order chi connectivity index (χ0) is 23.2. The Balaban J connectivity index is 1.24. The van der Waals surface area contributed by atoms with Crippen molar-refractivity contribution in [3.8, 4) is 6.07 Å². The number of carbonyl (C=O) groups excluding carboxylic acids is 1. The van der Waals surface area contributed by atoms with Gasteiger partial charge in [-0.25, -0.2) is 4.39 Å². The monoisotopic (exact) mass is 469 g/mol. The summed E-state index contributed by atoms with van der Waals surface area (Å²) in [6, 6.07) is 14.6. The van der Waals surface area contributed by atoms with E-state index >= 15 is 0 Å². The molecule has 2 fully saturated rings. The molecule has 0 bridgehead atoms. The average Bonchev–Trinajstić information content (AvgIpc) is 3.07. The maximum Gasteiger partial charge on any atom is 0.236 e. The second-order valence-electron chi connectivity index (χ2n) is 8.63. The molecule has 0 spiro atoms. The Morgan fingerprint density at radius 1 is 0.939 bits per heavy atom. The lowest BCUT2D eigenvalue weighted by molar-refractivity contribution is -0.134. The molecule has 8 heteroatoms. The van der Waals surface area contributed by atoms with Crippen molar-refractivity contribution < 1.29 is 9.18 Å². The summed E-state index contributed by atoms with van der Waals surface area (Å²) in [6.07, 6.45) is 0.991. The first-order valence-corrected chi connectivity index (χ1v) is 11.8. The highest BCUT2D eigenvalue weighted by Gasteiger charge is 2.25. The Morgan fingerprint density at radius 3 is 2.36 bits per heavy atom. The predicted molar refractivity (Wildman–Crippen MR) is 128 cm³/mol. The van der Waals surface area contributed by atoms with E-state index in [0.29, 0.717) is 55.4 Å². The van der Waals surface area contributed by atoms with E-state index in [-0.39, 0.29) is 11.7 Å². The van der Waals surface area contributed by atoms with Gasteiger partial charge in [-0.2, -0.15) is 5.26 Å². The molecule has 4 rings (SSSR count). The van der Waals surface area contributed by atoms with Crippen LogP contribution in [0.2, 0.25) is 5.02 Å². The van der Waals surface area contributed by atoms with E-state index < -0.39 is 0 Å². The van der Waals surface area contributed by atoms with Crippen molar-refractivity contribution >= 4 is 23.2 Å². The number of hydrogen-bond donors (Lipinski definition) is 0. The second kappa shape index (κ2) is 11.0. The van der Waals surface area contributed by atoms with Gasteiger partial charge in [-0.1, -0.05) is 17.7 Å². The minimum absolute atomic E-state index is 0.158. The molecule has 2 aromatic rings. The van der Waals surface area contributed by atoms with Gasteiger partial charge in [-0.15, -0.1) is 0 Å². The van der Waals surface area contributed by atoms with Gasteiger partial charge in [0.2, 0.25) is 5.91 Å². The number of nitrogens with zero attached hydrogens (tertiary/aromatic N) is 5. The van der Waals surface area contributed by atoms with Gasteiger partial charge in [0.1, 0.15) is 5.82 Å². The molecule has 2 heterocycles. The first-order valence-electron chi connectivity index (χ1n) is 11.4. The number of anilines is 1. The third kappa shape index (κ3) is 6.02. The molecule has 6 nitrogen and oxygen atoms in total. The van der Waals surface area contributed by atoms with Gasteiger partial charge < -0.3 is 9.80 Å². The number of benzene rings is 2. The van der Waals surface area contributed by atoms with Crippen LogP contribution in [0.5, 0.6) is 0 Å². The summed E-state index contributed by atoms with van der Waals surface area (Å²) >= 11 is 6.16. The van der Waals surface area contributed by atoms with Crippen molar-refractivity contribution in [2.45, 2.75) is 13.0 Å². The van der Waals surface area contributed by atoms with E-state index in [1.807, 2.05) is 29.2 Å². The average molecular weight is 470 g/mol. The van der Waals surface area contributed by atoms with Crippen LogP contribution in [0.1, 0.15) is 17.5 Å². The number of carbonyl (C=O) groups is 1. The van der Waals surface area contributed by atoms with Gasteiger partial charge in [-0.05, 0) is 42.8 Å². The topological polar surface area (TPSA) is 53.8 Å². The summed E-state index contributed by atoms with van der Waals surface area (Å²) in [5.41, 5.74) is 2.31. The van der Waals surface area contributed by atoms with Crippen LogP contribution in [0.3, 0.4) is 0 Å². The Hall–Kier alpha value is -2.66. The van der Waals surface area contributed by atoms with Crippen molar-refractivity contribution in [2.24, 2.45) is 0 Å². The molecule has 0 saturated carbocycles. The maximum atomic E-state index is 14.1. The van der Waals surface area contributed by atoms with Crippen LogP contribution in [0.15, 0.2) is 42.5 Å². The number of nitriles is 1. The molecule has 0 aromatic heterocycles.